The lowest BCUT2D eigenvalue weighted by Crippen LogP contribution is -2.02. The van der Waals surface area contributed by atoms with Crippen molar-refractivity contribution in [3.63, 3.8) is 0 Å². The standard InChI is InChI=1S/C8H8F2N4O/c1-5(3-12-15)13-14-8-7(10)2-6(9)4-11-8/h2-4,15H,1H3,(H,11,14)/b12-3+,13-5-. The number of hydrogen-bond donors (Lipinski definition) is 2. The van der Waals surface area contributed by atoms with Gasteiger partial charge in [0.05, 0.1) is 18.1 Å². The minimum atomic E-state index is -0.854. The Hall–Kier alpha value is -2.05. The molecule has 0 spiro atoms. The summed E-state index contributed by atoms with van der Waals surface area (Å²) in [6.45, 7) is 1.52. The van der Waals surface area contributed by atoms with Crippen LogP contribution in [0.5, 0.6) is 0 Å². The number of hydrazone groups is 1. The molecule has 0 aliphatic carbocycles. The van der Waals surface area contributed by atoms with E-state index in [2.05, 4.69) is 20.7 Å². The quantitative estimate of drug-likeness (QED) is 0.456. The van der Waals surface area contributed by atoms with E-state index in [1.54, 1.807) is 0 Å². The molecule has 0 saturated heterocycles. The molecule has 0 fully saturated rings. The number of anilines is 1. The molecule has 0 aromatic carbocycles. The fourth-order valence-corrected chi connectivity index (χ4v) is 0.750. The average Bonchev–Trinajstić information content (AvgIpc) is 2.17. The van der Waals surface area contributed by atoms with Crippen molar-refractivity contribution in [1.29, 1.82) is 0 Å². The van der Waals surface area contributed by atoms with E-state index in [-0.39, 0.29) is 5.82 Å². The minimum Gasteiger partial charge on any atom is -0.411 e. The summed E-state index contributed by atoms with van der Waals surface area (Å²) in [5, 5.41) is 14.5. The van der Waals surface area contributed by atoms with Crippen LogP contribution in [0.1, 0.15) is 6.92 Å². The molecule has 0 bridgehead atoms. The highest BCUT2D eigenvalue weighted by molar-refractivity contribution is 6.29. The molecule has 0 radical (unpaired) electrons. The molecule has 0 aliphatic rings. The van der Waals surface area contributed by atoms with Crippen molar-refractivity contribution in [3.8, 4) is 0 Å². The van der Waals surface area contributed by atoms with Crippen LogP contribution in [0.15, 0.2) is 22.5 Å². The first-order valence-corrected chi connectivity index (χ1v) is 3.92. The number of nitrogens with zero attached hydrogens (tertiary/aromatic N) is 3. The Bertz CT molecular complexity index is 406. The SMILES string of the molecule is CC(/C=N/O)=N/Nc1ncc(F)cc1F. The first-order chi connectivity index (χ1) is 7.13. The number of oxime groups is 1. The van der Waals surface area contributed by atoms with Gasteiger partial charge in [-0.05, 0) is 6.92 Å². The topological polar surface area (TPSA) is 69.9 Å². The van der Waals surface area contributed by atoms with Gasteiger partial charge in [0.15, 0.2) is 11.6 Å². The molecule has 7 heteroatoms. The predicted molar refractivity (Wildman–Crippen MR) is 51.2 cm³/mol. The maximum absolute atomic E-state index is 13.0. The molecule has 1 aromatic rings. The molecule has 1 aromatic heterocycles. The highest BCUT2D eigenvalue weighted by Gasteiger charge is 2.03. The zero-order valence-corrected chi connectivity index (χ0v) is 7.78. The molecule has 0 saturated carbocycles. The number of rotatable bonds is 3. The van der Waals surface area contributed by atoms with Gasteiger partial charge in [-0.15, -0.1) is 0 Å². The summed E-state index contributed by atoms with van der Waals surface area (Å²) < 4.78 is 25.4. The van der Waals surface area contributed by atoms with E-state index in [1.807, 2.05) is 0 Å². The van der Waals surface area contributed by atoms with E-state index in [0.29, 0.717) is 11.8 Å². The number of nitrogens with one attached hydrogen (secondary N) is 1. The van der Waals surface area contributed by atoms with Gasteiger partial charge in [0, 0.05) is 6.07 Å². The van der Waals surface area contributed by atoms with Crippen LogP contribution in [0, 0.1) is 11.6 Å². The van der Waals surface area contributed by atoms with Crippen LogP contribution >= 0.6 is 0 Å². The van der Waals surface area contributed by atoms with E-state index in [4.69, 9.17) is 5.21 Å². The van der Waals surface area contributed by atoms with Crippen LogP contribution in [0.2, 0.25) is 0 Å². The van der Waals surface area contributed by atoms with Gasteiger partial charge in [0.1, 0.15) is 5.82 Å². The molecule has 2 N–H and O–H groups in total. The summed E-state index contributed by atoms with van der Waals surface area (Å²) in [4.78, 5) is 3.43. The van der Waals surface area contributed by atoms with Gasteiger partial charge in [0.25, 0.3) is 0 Å². The molecular weight excluding hydrogens is 206 g/mol. The lowest BCUT2D eigenvalue weighted by Gasteiger charge is -2.00. The highest BCUT2D eigenvalue weighted by Crippen LogP contribution is 2.10. The maximum atomic E-state index is 13.0. The van der Waals surface area contributed by atoms with Crippen molar-refractivity contribution in [1.82, 2.24) is 4.98 Å². The minimum absolute atomic E-state index is 0.206. The first-order valence-electron chi connectivity index (χ1n) is 3.92. The van der Waals surface area contributed by atoms with Gasteiger partial charge in [-0.25, -0.2) is 13.8 Å². The molecule has 1 heterocycles. The summed E-state index contributed by atoms with van der Waals surface area (Å²) in [5.41, 5.74) is 2.57. The third kappa shape index (κ3) is 3.29. The summed E-state index contributed by atoms with van der Waals surface area (Å²) in [7, 11) is 0. The van der Waals surface area contributed by atoms with Crippen LogP contribution in [0.25, 0.3) is 0 Å². The Morgan fingerprint density at radius 1 is 1.60 bits per heavy atom. The second-order valence-corrected chi connectivity index (χ2v) is 2.59. The largest absolute Gasteiger partial charge is 0.411 e. The third-order valence-corrected chi connectivity index (χ3v) is 1.39. The van der Waals surface area contributed by atoms with Crippen LogP contribution in [0.3, 0.4) is 0 Å². The normalized spacial score (nSPS) is 12.1. The van der Waals surface area contributed by atoms with Crippen molar-refractivity contribution in [2.24, 2.45) is 10.3 Å². The van der Waals surface area contributed by atoms with Crippen molar-refractivity contribution >= 4 is 17.7 Å². The number of halogens is 2. The fourth-order valence-electron chi connectivity index (χ4n) is 0.750. The summed E-state index contributed by atoms with van der Waals surface area (Å²) in [5.74, 6) is -1.83. The van der Waals surface area contributed by atoms with Gasteiger partial charge < -0.3 is 5.21 Å². The van der Waals surface area contributed by atoms with Crippen molar-refractivity contribution in [2.45, 2.75) is 6.92 Å². The molecule has 15 heavy (non-hydrogen) atoms. The van der Waals surface area contributed by atoms with Crippen molar-refractivity contribution < 1.29 is 14.0 Å². The van der Waals surface area contributed by atoms with Gasteiger partial charge >= 0.3 is 0 Å². The molecule has 1 rings (SSSR count). The van der Waals surface area contributed by atoms with E-state index >= 15 is 0 Å². The third-order valence-electron chi connectivity index (χ3n) is 1.39. The number of hydrogen-bond acceptors (Lipinski definition) is 5. The molecule has 0 aliphatic heterocycles. The average molecular weight is 214 g/mol. The maximum Gasteiger partial charge on any atom is 0.182 e. The Morgan fingerprint density at radius 2 is 2.33 bits per heavy atom. The van der Waals surface area contributed by atoms with E-state index in [0.717, 1.165) is 12.4 Å². The Balaban J connectivity index is 2.77. The molecule has 5 nitrogen and oxygen atoms in total. The Labute approximate surface area is 84.1 Å². The second kappa shape index (κ2) is 4.99. The molecule has 0 amide bonds. The van der Waals surface area contributed by atoms with Crippen molar-refractivity contribution in [2.75, 3.05) is 5.43 Å². The number of aromatic nitrogens is 1. The van der Waals surface area contributed by atoms with E-state index < -0.39 is 11.6 Å². The Morgan fingerprint density at radius 3 is 2.93 bits per heavy atom. The van der Waals surface area contributed by atoms with Crippen LogP contribution < -0.4 is 5.43 Å². The summed E-state index contributed by atoms with van der Waals surface area (Å²) in [6.07, 6.45) is 1.91. The lowest BCUT2D eigenvalue weighted by atomic mass is 10.4. The number of pyridine rings is 1. The van der Waals surface area contributed by atoms with E-state index in [1.165, 1.54) is 6.92 Å². The zero-order chi connectivity index (χ0) is 11.3. The molecular formula is C8H8F2N4O. The molecule has 80 valence electrons. The first kappa shape index (κ1) is 11.0. The highest BCUT2D eigenvalue weighted by atomic mass is 19.1. The lowest BCUT2D eigenvalue weighted by molar-refractivity contribution is 0.322. The van der Waals surface area contributed by atoms with Gasteiger partial charge in [-0.2, -0.15) is 5.10 Å². The predicted octanol–water partition coefficient (Wildman–Crippen LogP) is 1.61. The van der Waals surface area contributed by atoms with Crippen LogP contribution in [0.4, 0.5) is 14.6 Å². The van der Waals surface area contributed by atoms with Gasteiger partial charge in [0.2, 0.25) is 0 Å². The summed E-state index contributed by atoms with van der Waals surface area (Å²) >= 11 is 0. The van der Waals surface area contributed by atoms with Crippen LogP contribution in [-0.2, 0) is 0 Å². The fraction of sp³-hybridized carbons (Fsp3) is 0.125. The van der Waals surface area contributed by atoms with Gasteiger partial charge in [-0.3, -0.25) is 5.43 Å². The summed E-state index contributed by atoms with van der Waals surface area (Å²) in [6, 6.07) is 0.681. The monoisotopic (exact) mass is 214 g/mol. The molecule has 0 unspecified atom stereocenters. The van der Waals surface area contributed by atoms with Gasteiger partial charge in [-0.1, -0.05) is 5.16 Å². The van der Waals surface area contributed by atoms with Crippen LogP contribution in [-0.4, -0.2) is 22.1 Å². The van der Waals surface area contributed by atoms with Crippen molar-refractivity contribution in [3.05, 3.63) is 23.9 Å². The second-order valence-electron chi connectivity index (χ2n) is 2.59. The molecule has 0 atom stereocenters. The smallest absolute Gasteiger partial charge is 0.182 e. The zero-order valence-electron chi connectivity index (χ0n) is 7.78. The Kier molecular flexibility index (Phi) is 3.67. The van der Waals surface area contributed by atoms with E-state index in [9.17, 15) is 8.78 Å².